The first-order chi connectivity index (χ1) is 19.2. The summed E-state index contributed by atoms with van der Waals surface area (Å²) < 4.78 is 0. The zero-order valence-corrected chi connectivity index (χ0v) is 21.6. The van der Waals surface area contributed by atoms with E-state index in [1.54, 1.807) is 19.1 Å². The molecule has 1 aliphatic rings. The average Bonchev–Trinajstić information content (AvgIpc) is 3.62. The van der Waals surface area contributed by atoms with Crippen LogP contribution in [0.3, 0.4) is 0 Å². The van der Waals surface area contributed by atoms with E-state index >= 15 is 0 Å². The number of hydrogen-bond acceptors (Lipinski definition) is 8. The van der Waals surface area contributed by atoms with Gasteiger partial charge in [0, 0.05) is 5.56 Å². The highest BCUT2D eigenvalue weighted by Gasteiger charge is 2.46. The standard InChI is InChI=1S/C29H20N4O6S/c1-14-25(40-26(30-14)16-5-3-2-4-6-16)23(35)21-22(15-7-10-18(34)11-8-15)33(27(37)24(21)36)29-31-19-12-9-17(28(38)39)13-20(19)32-29/h2-13,22,34,36H,1H3,(H,31,32)(H,38,39). The lowest BCUT2D eigenvalue weighted by molar-refractivity contribution is -0.117. The van der Waals surface area contributed by atoms with Gasteiger partial charge in [0.1, 0.15) is 10.8 Å². The number of carboxylic acids is 1. The van der Waals surface area contributed by atoms with Gasteiger partial charge in [-0.05, 0) is 42.8 Å². The van der Waals surface area contributed by atoms with Gasteiger partial charge in [-0.1, -0.05) is 42.5 Å². The number of thiazole rings is 1. The highest BCUT2D eigenvalue weighted by molar-refractivity contribution is 7.17. The maximum atomic E-state index is 14.0. The number of Topliss-reactive ketones (excluding diaryl/α,β-unsaturated/α-hetero) is 1. The number of amides is 1. The van der Waals surface area contributed by atoms with Gasteiger partial charge in [0.05, 0.1) is 38.8 Å². The quantitative estimate of drug-likeness (QED) is 0.210. The number of benzene rings is 3. The van der Waals surface area contributed by atoms with Crippen LogP contribution in [-0.2, 0) is 4.79 Å². The number of aryl methyl sites for hydroxylation is 1. The first-order valence-electron chi connectivity index (χ1n) is 12.1. The molecular weight excluding hydrogens is 532 g/mol. The highest BCUT2D eigenvalue weighted by atomic mass is 32.1. The van der Waals surface area contributed by atoms with E-state index in [0.717, 1.165) is 21.8 Å². The molecule has 40 heavy (non-hydrogen) atoms. The number of ketones is 1. The largest absolute Gasteiger partial charge is 0.508 e. The third-order valence-electron chi connectivity index (χ3n) is 6.63. The fraction of sp³-hybridized carbons (Fsp3) is 0.0690. The second-order valence-corrected chi connectivity index (χ2v) is 10.2. The van der Waals surface area contributed by atoms with Crippen LogP contribution < -0.4 is 4.90 Å². The number of aromatic nitrogens is 3. The summed E-state index contributed by atoms with van der Waals surface area (Å²) in [5.74, 6) is -3.28. The first kappa shape index (κ1) is 25.0. The molecule has 0 radical (unpaired) electrons. The lowest BCUT2D eigenvalue weighted by atomic mass is 9.95. The topological polar surface area (TPSA) is 157 Å². The SMILES string of the molecule is Cc1nc(-c2ccccc2)sc1C(=O)C1=C(O)C(=O)N(c2nc3ccc(C(=O)O)cc3[nH]2)C1c1ccc(O)cc1. The van der Waals surface area contributed by atoms with Crippen LogP contribution in [-0.4, -0.2) is 47.9 Å². The van der Waals surface area contributed by atoms with E-state index < -0.39 is 29.5 Å². The third kappa shape index (κ3) is 4.09. The third-order valence-corrected chi connectivity index (χ3v) is 7.83. The number of fused-ring (bicyclic) bond motifs is 1. The minimum atomic E-state index is -1.13. The van der Waals surface area contributed by atoms with Crippen molar-refractivity contribution in [1.29, 1.82) is 0 Å². The van der Waals surface area contributed by atoms with Gasteiger partial charge in [0.25, 0.3) is 5.91 Å². The number of carbonyl (C=O) groups excluding carboxylic acids is 2. The molecule has 0 spiro atoms. The molecule has 1 amide bonds. The van der Waals surface area contributed by atoms with Crippen molar-refractivity contribution in [2.45, 2.75) is 13.0 Å². The number of hydrogen-bond donors (Lipinski definition) is 4. The number of carboxylic acid groups (broad SMARTS) is 1. The number of nitrogens with zero attached hydrogens (tertiary/aromatic N) is 3. The molecule has 5 aromatic rings. The molecule has 11 heteroatoms. The summed E-state index contributed by atoms with van der Waals surface area (Å²) in [6.45, 7) is 1.69. The van der Waals surface area contributed by atoms with Gasteiger partial charge < -0.3 is 20.3 Å². The van der Waals surface area contributed by atoms with Crippen molar-refractivity contribution < 1.29 is 29.7 Å². The Kier molecular flexibility index (Phi) is 5.92. The van der Waals surface area contributed by atoms with E-state index in [4.69, 9.17) is 0 Å². The normalized spacial score (nSPS) is 15.3. The molecule has 2 aromatic heterocycles. The number of nitrogens with one attached hydrogen (secondary N) is 1. The van der Waals surface area contributed by atoms with E-state index in [1.807, 2.05) is 30.3 Å². The van der Waals surface area contributed by atoms with E-state index in [2.05, 4.69) is 15.0 Å². The van der Waals surface area contributed by atoms with Gasteiger partial charge in [-0.3, -0.25) is 14.5 Å². The Bertz CT molecular complexity index is 1860. The number of imidazole rings is 1. The predicted molar refractivity (Wildman–Crippen MR) is 148 cm³/mol. The summed E-state index contributed by atoms with van der Waals surface area (Å²) >= 11 is 1.16. The number of carbonyl (C=O) groups is 3. The van der Waals surface area contributed by atoms with Crippen LogP contribution in [0.1, 0.15) is 37.3 Å². The molecule has 6 rings (SSSR count). The van der Waals surface area contributed by atoms with Crippen molar-refractivity contribution in [3.05, 3.63) is 106 Å². The minimum Gasteiger partial charge on any atom is -0.508 e. The number of phenolic OH excluding ortho intramolecular Hbond substituents is 1. The zero-order chi connectivity index (χ0) is 28.1. The monoisotopic (exact) mass is 552 g/mol. The molecule has 3 aromatic carbocycles. The molecule has 1 atom stereocenters. The van der Waals surface area contributed by atoms with Crippen LogP contribution >= 0.6 is 11.3 Å². The van der Waals surface area contributed by atoms with Crippen molar-refractivity contribution >= 4 is 46.0 Å². The second-order valence-electron chi connectivity index (χ2n) is 9.16. The molecule has 3 heterocycles. The lowest BCUT2D eigenvalue weighted by Crippen LogP contribution is -2.32. The Morgan fingerprint density at radius 3 is 2.40 bits per heavy atom. The molecule has 0 bridgehead atoms. The van der Waals surface area contributed by atoms with E-state index in [1.165, 1.54) is 30.3 Å². The van der Waals surface area contributed by atoms with Gasteiger partial charge >= 0.3 is 5.97 Å². The van der Waals surface area contributed by atoms with Gasteiger partial charge in [0.2, 0.25) is 11.7 Å². The van der Waals surface area contributed by atoms with Crippen LogP contribution in [0.5, 0.6) is 5.75 Å². The molecule has 1 unspecified atom stereocenters. The number of aromatic hydroxyl groups is 1. The number of anilines is 1. The Labute approximate surface area is 230 Å². The minimum absolute atomic E-state index is 0.0148. The van der Waals surface area contributed by atoms with E-state index in [0.29, 0.717) is 27.3 Å². The summed E-state index contributed by atoms with van der Waals surface area (Å²) in [6.07, 6.45) is 0. The van der Waals surface area contributed by atoms with Crippen LogP contribution in [0.4, 0.5) is 5.95 Å². The number of aliphatic hydroxyl groups is 1. The first-order valence-corrected chi connectivity index (χ1v) is 12.9. The molecule has 0 aliphatic carbocycles. The maximum absolute atomic E-state index is 14.0. The van der Waals surface area contributed by atoms with Crippen LogP contribution in [0.2, 0.25) is 0 Å². The van der Waals surface area contributed by atoms with Crippen molar-refractivity contribution in [3.8, 4) is 16.3 Å². The Balaban J connectivity index is 1.47. The molecular formula is C29H20N4O6S. The summed E-state index contributed by atoms with van der Waals surface area (Å²) in [6, 6.07) is 18.5. The summed E-state index contributed by atoms with van der Waals surface area (Å²) in [5, 5.41) is 30.9. The maximum Gasteiger partial charge on any atom is 0.335 e. The summed E-state index contributed by atoms with van der Waals surface area (Å²) in [7, 11) is 0. The van der Waals surface area contributed by atoms with Gasteiger partial charge in [-0.15, -0.1) is 11.3 Å². The molecule has 198 valence electrons. The van der Waals surface area contributed by atoms with Gasteiger partial charge in [-0.2, -0.15) is 0 Å². The smallest absolute Gasteiger partial charge is 0.335 e. The van der Waals surface area contributed by atoms with Crippen molar-refractivity contribution in [2.75, 3.05) is 4.90 Å². The van der Waals surface area contributed by atoms with Crippen molar-refractivity contribution in [3.63, 3.8) is 0 Å². The number of phenols is 1. The van der Waals surface area contributed by atoms with Crippen molar-refractivity contribution in [1.82, 2.24) is 15.0 Å². The molecule has 1 aliphatic heterocycles. The molecule has 0 saturated carbocycles. The predicted octanol–water partition coefficient (Wildman–Crippen LogP) is 5.18. The van der Waals surface area contributed by atoms with Crippen LogP contribution in [0, 0.1) is 6.92 Å². The highest BCUT2D eigenvalue weighted by Crippen LogP contribution is 2.43. The van der Waals surface area contributed by atoms with Crippen LogP contribution in [0.25, 0.3) is 21.6 Å². The van der Waals surface area contributed by atoms with Gasteiger partial charge in [0.15, 0.2) is 5.76 Å². The summed E-state index contributed by atoms with van der Waals surface area (Å²) in [5.41, 5.74) is 2.34. The van der Waals surface area contributed by atoms with Gasteiger partial charge in [-0.25, -0.2) is 14.8 Å². The fourth-order valence-corrected chi connectivity index (χ4v) is 5.73. The second kappa shape index (κ2) is 9.47. The molecule has 0 saturated heterocycles. The number of aromatic carboxylic acids is 1. The Morgan fingerprint density at radius 2 is 1.70 bits per heavy atom. The number of rotatable bonds is 6. The summed E-state index contributed by atoms with van der Waals surface area (Å²) in [4.78, 5) is 52.4. The molecule has 0 fully saturated rings. The average molecular weight is 553 g/mol. The fourth-order valence-electron chi connectivity index (χ4n) is 4.70. The lowest BCUT2D eigenvalue weighted by Gasteiger charge is -2.24. The Hall–Kier alpha value is -5.29. The van der Waals surface area contributed by atoms with E-state index in [-0.39, 0.29) is 27.7 Å². The zero-order valence-electron chi connectivity index (χ0n) is 20.8. The number of aromatic amines is 1. The molecule has 4 N–H and O–H groups in total. The molecule has 10 nitrogen and oxygen atoms in total. The van der Waals surface area contributed by atoms with Crippen molar-refractivity contribution in [2.24, 2.45) is 0 Å². The Morgan fingerprint density at radius 1 is 0.975 bits per heavy atom. The van der Waals surface area contributed by atoms with E-state index in [9.17, 15) is 29.7 Å². The number of H-pyrrole nitrogens is 1. The number of aliphatic hydroxyl groups excluding tert-OH is 1. The van der Waals surface area contributed by atoms with Crippen LogP contribution in [0.15, 0.2) is 84.1 Å².